The van der Waals surface area contributed by atoms with Gasteiger partial charge in [-0.15, -0.1) is 0 Å². The van der Waals surface area contributed by atoms with Gasteiger partial charge in [0.25, 0.3) is 0 Å². The van der Waals surface area contributed by atoms with E-state index in [1.165, 1.54) is 7.11 Å². The SMILES string of the molecule is COC(=O)C1Cc2ccccc2C(=O)c2ccccc21. The van der Waals surface area contributed by atoms with Gasteiger partial charge in [0, 0.05) is 11.1 Å². The van der Waals surface area contributed by atoms with Crippen LogP contribution in [0.1, 0.15) is 33.0 Å². The maximum Gasteiger partial charge on any atom is 0.313 e. The zero-order valence-corrected chi connectivity index (χ0v) is 11.1. The fourth-order valence-corrected chi connectivity index (χ4v) is 2.75. The Balaban J connectivity index is 2.23. The van der Waals surface area contributed by atoms with Crippen molar-refractivity contribution in [2.75, 3.05) is 7.11 Å². The number of esters is 1. The molecule has 3 rings (SSSR count). The Morgan fingerprint density at radius 2 is 1.70 bits per heavy atom. The van der Waals surface area contributed by atoms with Crippen LogP contribution in [-0.4, -0.2) is 18.9 Å². The normalized spacial score (nSPS) is 16.9. The summed E-state index contributed by atoms with van der Waals surface area (Å²) in [5, 5.41) is 0. The molecule has 1 aliphatic rings. The third-order valence-electron chi connectivity index (χ3n) is 3.75. The van der Waals surface area contributed by atoms with E-state index in [9.17, 15) is 9.59 Å². The second kappa shape index (κ2) is 4.93. The maximum absolute atomic E-state index is 12.6. The van der Waals surface area contributed by atoms with Crippen LogP contribution in [-0.2, 0) is 16.0 Å². The molecule has 3 heteroatoms. The number of hydrogen-bond acceptors (Lipinski definition) is 3. The Hall–Kier alpha value is -2.42. The number of fused-ring (bicyclic) bond motifs is 2. The molecule has 0 aromatic heterocycles. The van der Waals surface area contributed by atoms with Crippen LogP contribution in [0.4, 0.5) is 0 Å². The van der Waals surface area contributed by atoms with Crippen molar-refractivity contribution >= 4 is 11.8 Å². The van der Waals surface area contributed by atoms with Gasteiger partial charge in [0.1, 0.15) is 0 Å². The molecule has 0 spiro atoms. The molecule has 2 aromatic carbocycles. The van der Waals surface area contributed by atoms with Crippen LogP contribution in [0.5, 0.6) is 0 Å². The third-order valence-corrected chi connectivity index (χ3v) is 3.75. The highest BCUT2D eigenvalue weighted by Crippen LogP contribution is 2.32. The van der Waals surface area contributed by atoms with E-state index in [1.807, 2.05) is 42.5 Å². The van der Waals surface area contributed by atoms with Gasteiger partial charge in [0.15, 0.2) is 5.78 Å². The molecule has 0 bridgehead atoms. The van der Waals surface area contributed by atoms with Crippen LogP contribution in [0.2, 0.25) is 0 Å². The lowest BCUT2D eigenvalue weighted by molar-refractivity contribution is -0.142. The monoisotopic (exact) mass is 266 g/mol. The van der Waals surface area contributed by atoms with Crippen molar-refractivity contribution in [2.24, 2.45) is 0 Å². The first-order valence-corrected chi connectivity index (χ1v) is 6.51. The summed E-state index contributed by atoms with van der Waals surface area (Å²) < 4.78 is 4.90. The Morgan fingerprint density at radius 3 is 2.45 bits per heavy atom. The molecule has 0 saturated heterocycles. The standard InChI is InChI=1S/C17H14O3/c1-20-17(19)15-10-11-6-2-3-7-12(11)16(18)14-9-5-4-8-13(14)15/h2-9,15H,10H2,1H3. The summed E-state index contributed by atoms with van der Waals surface area (Å²) in [5.74, 6) is -0.756. The van der Waals surface area contributed by atoms with Crippen LogP contribution < -0.4 is 0 Å². The number of ether oxygens (including phenoxy) is 1. The fraction of sp³-hybridized carbons (Fsp3) is 0.176. The van der Waals surface area contributed by atoms with E-state index in [2.05, 4.69) is 0 Å². The van der Waals surface area contributed by atoms with Crippen molar-refractivity contribution in [2.45, 2.75) is 12.3 Å². The molecule has 0 amide bonds. The second-order valence-corrected chi connectivity index (χ2v) is 4.85. The van der Waals surface area contributed by atoms with Gasteiger partial charge in [0.2, 0.25) is 0 Å². The first-order valence-electron chi connectivity index (χ1n) is 6.51. The summed E-state index contributed by atoms with van der Waals surface area (Å²) in [7, 11) is 1.38. The van der Waals surface area contributed by atoms with Crippen molar-refractivity contribution in [3.8, 4) is 0 Å². The van der Waals surface area contributed by atoms with E-state index in [-0.39, 0.29) is 11.8 Å². The van der Waals surface area contributed by atoms with Crippen molar-refractivity contribution in [3.63, 3.8) is 0 Å². The summed E-state index contributed by atoms with van der Waals surface area (Å²) in [5.41, 5.74) is 2.91. The minimum atomic E-state index is -0.427. The first kappa shape index (κ1) is 12.6. The zero-order chi connectivity index (χ0) is 14.1. The smallest absolute Gasteiger partial charge is 0.313 e. The highest BCUT2D eigenvalue weighted by atomic mass is 16.5. The van der Waals surface area contributed by atoms with Gasteiger partial charge in [-0.2, -0.15) is 0 Å². The van der Waals surface area contributed by atoms with Crippen molar-refractivity contribution < 1.29 is 14.3 Å². The summed E-state index contributed by atoms with van der Waals surface area (Å²) in [6, 6.07) is 14.7. The van der Waals surface area contributed by atoms with Crippen LogP contribution in [0, 0.1) is 0 Å². The van der Waals surface area contributed by atoms with Crippen LogP contribution in [0.25, 0.3) is 0 Å². The van der Waals surface area contributed by atoms with Gasteiger partial charge in [-0.1, -0.05) is 48.5 Å². The molecule has 0 aliphatic heterocycles. The van der Waals surface area contributed by atoms with Crippen LogP contribution in [0.15, 0.2) is 48.5 Å². The van der Waals surface area contributed by atoms with E-state index >= 15 is 0 Å². The zero-order valence-electron chi connectivity index (χ0n) is 11.1. The van der Waals surface area contributed by atoms with E-state index in [0.717, 1.165) is 11.1 Å². The fourth-order valence-electron chi connectivity index (χ4n) is 2.75. The van der Waals surface area contributed by atoms with E-state index in [0.29, 0.717) is 17.5 Å². The molecule has 0 N–H and O–H groups in total. The lowest BCUT2D eigenvalue weighted by atomic mass is 9.91. The molecule has 0 heterocycles. The van der Waals surface area contributed by atoms with Crippen molar-refractivity contribution in [1.29, 1.82) is 0 Å². The number of carbonyl (C=O) groups is 2. The van der Waals surface area contributed by atoms with Crippen molar-refractivity contribution in [1.82, 2.24) is 0 Å². The Morgan fingerprint density at radius 1 is 1.05 bits per heavy atom. The number of carbonyl (C=O) groups excluding carboxylic acids is 2. The number of methoxy groups -OCH3 is 1. The van der Waals surface area contributed by atoms with Gasteiger partial charge in [-0.05, 0) is 17.5 Å². The molecule has 3 nitrogen and oxygen atoms in total. The second-order valence-electron chi connectivity index (χ2n) is 4.85. The van der Waals surface area contributed by atoms with Gasteiger partial charge in [-0.25, -0.2) is 0 Å². The number of ketones is 1. The molecule has 100 valence electrons. The highest BCUT2D eigenvalue weighted by molar-refractivity contribution is 6.12. The van der Waals surface area contributed by atoms with Crippen LogP contribution >= 0.6 is 0 Å². The molecule has 1 atom stereocenters. The predicted octanol–water partition coefficient (Wildman–Crippen LogP) is 2.73. The average molecular weight is 266 g/mol. The highest BCUT2D eigenvalue weighted by Gasteiger charge is 2.31. The quantitative estimate of drug-likeness (QED) is 0.745. The third kappa shape index (κ3) is 1.92. The predicted molar refractivity (Wildman–Crippen MR) is 74.8 cm³/mol. The minimum Gasteiger partial charge on any atom is -0.469 e. The molecule has 2 aromatic rings. The molecule has 0 fully saturated rings. The Bertz CT molecular complexity index is 688. The van der Waals surface area contributed by atoms with E-state index in [4.69, 9.17) is 4.74 Å². The minimum absolute atomic E-state index is 0.0254. The van der Waals surface area contributed by atoms with E-state index < -0.39 is 5.92 Å². The van der Waals surface area contributed by atoms with Gasteiger partial charge in [0.05, 0.1) is 13.0 Å². The summed E-state index contributed by atoms with van der Waals surface area (Å²) in [6.07, 6.45) is 0.492. The van der Waals surface area contributed by atoms with Gasteiger partial charge >= 0.3 is 5.97 Å². The molecule has 0 radical (unpaired) electrons. The lowest BCUT2D eigenvalue weighted by Gasteiger charge is -2.14. The van der Waals surface area contributed by atoms with Gasteiger partial charge in [-0.3, -0.25) is 9.59 Å². The molecule has 20 heavy (non-hydrogen) atoms. The molecule has 0 saturated carbocycles. The molecule has 1 unspecified atom stereocenters. The largest absolute Gasteiger partial charge is 0.469 e. The summed E-state index contributed by atoms with van der Waals surface area (Å²) in [4.78, 5) is 24.7. The maximum atomic E-state index is 12.6. The Labute approximate surface area is 117 Å². The number of rotatable bonds is 1. The van der Waals surface area contributed by atoms with Crippen LogP contribution in [0.3, 0.4) is 0 Å². The molecule has 1 aliphatic carbocycles. The molecular weight excluding hydrogens is 252 g/mol. The van der Waals surface area contributed by atoms with Crippen molar-refractivity contribution in [3.05, 3.63) is 70.8 Å². The summed E-state index contributed by atoms with van der Waals surface area (Å²) >= 11 is 0. The van der Waals surface area contributed by atoms with Gasteiger partial charge < -0.3 is 4.74 Å². The number of hydrogen-bond donors (Lipinski definition) is 0. The summed E-state index contributed by atoms with van der Waals surface area (Å²) in [6.45, 7) is 0. The Kier molecular flexibility index (Phi) is 3.11. The average Bonchev–Trinajstić information content (AvgIpc) is 2.63. The topological polar surface area (TPSA) is 43.4 Å². The first-order chi connectivity index (χ1) is 9.72. The lowest BCUT2D eigenvalue weighted by Crippen LogP contribution is -2.17. The number of benzene rings is 2. The van der Waals surface area contributed by atoms with E-state index in [1.54, 1.807) is 6.07 Å². The molecular formula is C17H14O3.